The number of hydrogen-bond acceptors (Lipinski definition) is 3. The van der Waals surface area contributed by atoms with E-state index in [0.717, 1.165) is 30.2 Å². The smallest absolute Gasteiger partial charge is 0.223 e. The van der Waals surface area contributed by atoms with Gasteiger partial charge in [0.25, 0.3) is 0 Å². The van der Waals surface area contributed by atoms with Gasteiger partial charge < -0.3 is 5.32 Å². The predicted molar refractivity (Wildman–Crippen MR) is 67.0 cm³/mol. The minimum atomic E-state index is 0.0157. The summed E-state index contributed by atoms with van der Waals surface area (Å²) in [6, 6.07) is 1.98. The van der Waals surface area contributed by atoms with Crippen molar-refractivity contribution in [2.45, 2.75) is 45.1 Å². The highest BCUT2D eigenvalue weighted by Crippen LogP contribution is 2.33. The van der Waals surface area contributed by atoms with Crippen LogP contribution in [0.25, 0.3) is 0 Å². The molecule has 88 valence electrons. The second kappa shape index (κ2) is 4.58. The molecule has 4 heteroatoms. The van der Waals surface area contributed by atoms with Crippen molar-refractivity contribution < 1.29 is 0 Å². The van der Waals surface area contributed by atoms with Gasteiger partial charge in [0.15, 0.2) is 0 Å². The molecule has 3 nitrogen and oxygen atoms in total. The molecule has 1 aliphatic carbocycles. The topological polar surface area (TPSA) is 37.8 Å². The van der Waals surface area contributed by atoms with Gasteiger partial charge in [-0.25, -0.2) is 9.97 Å². The number of aromatic nitrogens is 2. The van der Waals surface area contributed by atoms with E-state index in [9.17, 15) is 0 Å². The Hall–Kier alpha value is -0.830. The van der Waals surface area contributed by atoms with Gasteiger partial charge in [-0.3, -0.25) is 0 Å². The summed E-state index contributed by atoms with van der Waals surface area (Å²) < 4.78 is 0. The zero-order valence-electron chi connectivity index (χ0n) is 9.89. The second-order valence-corrected chi connectivity index (χ2v) is 4.99. The minimum Gasteiger partial charge on any atom is -0.348 e. The van der Waals surface area contributed by atoms with Crippen LogP contribution in [0.1, 0.15) is 37.1 Å². The van der Waals surface area contributed by atoms with Gasteiger partial charge in [-0.2, -0.15) is 0 Å². The van der Waals surface area contributed by atoms with Crippen molar-refractivity contribution in [3.05, 3.63) is 17.5 Å². The van der Waals surface area contributed by atoms with Crippen molar-refractivity contribution in [2.24, 2.45) is 0 Å². The van der Waals surface area contributed by atoms with Crippen molar-refractivity contribution in [2.75, 3.05) is 11.2 Å². The molecule has 1 fully saturated rings. The first-order valence-corrected chi connectivity index (χ1v) is 6.33. The Kier molecular flexibility index (Phi) is 3.33. The Labute approximate surface area is 102 Å². The zero-order valence-corrected chi connectivity index (χ0v) is 10.6. The van der Waals surface area contributed by atoms with E-state index < -0.39 is 0 Å². The van der Waals surface area contributed by atoms with E-state index >= 15 is 0 Å². The highest BCUT2D eigenvalue weighted by Gasteiger charge is 2.33. The molecule has 0 spiro atoms. The van der Waals surface area contributed by atoms with Crippen LogP contribution in [0.5, 0.6) is 0 Å². The fourth-order valence-corrected chi connectivity index (χ4v) is 2.70. The minimum absolute atomic E-state index is 0.0157. The van der Waals surface area contributed by atoms with Crippen LogP contribution in [0.3, 0.4) is 0 Å². The summed E-state index contributed by atoms with van der Waals surface area (Å²) >= 11 is 6.08. The number of rotatable bonds is 3. The molecule has 0 unspecified atom stereocenters. The Balaban J connectivity index is 2.18. The summed E-state index contributed by atoms with van der Waals surface area (Å²) in [4.78, 5) is 8.82. The van der Waals surface area contributed by atoms with Crippen LogP contribution in [0.4, 0.5) is 5.95 Å². The molecule has 0 saturated heterocycles. The van der Waals surface area contributed by atoms with Gasteiger partial charge in [-0.05, 0) is 32.8 Å². The summed E-state index contributed by atoms with van der Waals surface area (Å²) in [5, 5.41) is 3.43. The van der Waals surface area contributed by atoms with Crippen molar-refractivity contribution >= 4 is 17.5 Å². The van der Waals surface area contributed by atoms with Crippen LogP contribution in [0.15, 0.2) is 6.07 Å². The maximum atomic E-state index is 6.08. The molecular formula is C12H18ClN3. The van der Waals surface area contributed by atoms with Gasteiger partial charge >= 0.3 is 0 Å². The van der Waals surface area contributed by atoms with Crippen LogP contribution in [0.2, 0.25) is 0 Å². The lowest BCUT2D eigenvalue weighted by Gasteiger charge is -2.27. The van der Waals surface area contributed by atoms with Crippen LogP contribution >= 0.6 is 11.6 Å². The van der Waals surface area contributed by atoms with Crippen LogP contribution in [0, 0.1) is 13.8 Å². The summed E-state index contributed by atoms with van der Waals surface area (Å²) in [5.74, 6) is 1.35. The maximum Gasteiger partial charge on any atom is 0.223 e. The number of anilines is 1. The van der Waals surface area contributed by atoms with E-state index in [1.807, 2.05) is 19.9 Å². The van der Waals surface area contributed by atoms with Gasteiger partial charge in [-0.15, -0.1) is 11.6 Å². The van der Waals surface area contributed by atoms with E-state index in [4.69, 9.17) is 11.6 Å². The summed E-state index contributed by atoms with van der Waals surface area (Å²) in [7, 11) is 0. The van der Waals surface area contributed by atoms with Crippen LogP contribution in [-0.4, -0.2) is 21.4 Å². The molecule has 1 aliphatic rings. The monoisotopic (exact) mass is 239 g/mol. The van der Waals surface area contributed by atoms with Crippen LogP contribution < -0.4 is 5.32 Å². The third-order valence-electron chi connectivity index (χ3n) is 3.18. The molecule has 0 atom stereocenters. The highest BCUT2D eigenvalue weighted by molar-refractivity contribution is 6.18. The third kappa shape index (κ3) is 2.46. The molecule has 0 aromatic carbocycles. The quantitative estimate of drug-likeness (QED) is 0.824. The fraction of sp³-hybridized carbons (Fsp3) is 0.667. The number of nitrogens with one attached hydrogen (secondary N) is 1. The first kappa shape index (κ1) is 11.6. The molecule has 16 heavy (non-hydrogen) atoms. The number of hydrogen-bond donors (Lipinski definition) is 1. The molecule has 1 N–H and O–H groups in total. The molecule has 2 rings (SSSR count). The van der Waals surface area contributed by atoms with Crippen molar-refractivity contribution in [1.29, 1.82) is 0 Å². The normalized spacial score (nSPS) is 18.7. The Morgan fingerprint density at radius 2 is 1.81 bits per heavy atom. The van der Waals surface area contributed by atoms with Crippen molar-refractivity contribution in [3.8, 4) is 0 Å². The summed E-state index contributed by atoms with van der Waals surface area (Å²) in [6.07, 6.45) is 4.72. The molecule has 0 radical (unpaired) electrons. The highest BCUT2D eigenvalue weighted by atomic mass is 35.5. The summed E-state index contributed by atoms with van der Waals surface area (Å²) in [5.41, 5.74) is 2.01. The summed E-state index contributed by atoms with van der Waals surface area (Å²) in [6.45, 7) is 3.98. The van der Waals surface area contributed by atoms with Gasteiger partial charge in [0.1, 0.15) is 0 Å². The predicted octanol–water partition coefficient (Wildman–Crippen LogP) is 3.06. The number of nitrogens with zero attached hydrogens (tertiary/aromatic N) is 2. The molecule has 1 heterocycles. The molecule has 1 aromatic rings. The molecular weight excluding hydrogens is 222 g/mol. The first-order valence-electron chi connectivity index (χ1n) is 5.80. The average molecular weight is 240 g/mol. The average Bonchev–Trinajstić information content (AvgIpc) is 2.65. The number of halogens is 1. The Bertz CT molecular complexity index is 352. The standard InChI is InChI=1S/C12H18ClN3/c1-9-7-10(2)15-11(14-9)16-12(8-13)5-3-4-6-12/h7H,3-6,8H2,1-2H3,(H,14,15,16). The Morgan fingerprint density at radius 3 is 2.31 bits per heavy atom. The van der Waals surface area contributed by atoms with Crippen LogP contribution in [-0.2, 0) is 0 Å². The molecule has 1 aromatic heterocycles. The molecule has 0 amide bonds. The van der Waals surface area contributed by atoms with E-state index in [2.05, 4.69) is 15.3 Å². The van der Waals surface area contributed by atoms with E-state index in [1.165, 1.54) is 12.8 Å². The van der Waals surface area contributed by atoms with Gasteiger partial charge in [-0.1, -0.05) is 12.8 Å². The number of aryl methyl sites for hydroxylation is 2. The SMILES string of the molecule is Cc1cc(C)nc(NC2(CCl)CCCC2)n1. The maximum absolute atomic E-state index is 6.08. The van der Waals surface area contributed by atoms with Crippen molar-refractivity contribution in [1.82, 2.24) is 9.97 Å². The molecule has 0 aliphatic heterocycles. The van der Waals surface area contributed by atoms with E-state index in [0.29, 0.717) is 5.88 Å². The second-order valence-electron chi connectivity index (χ2n) is 4.72. The Morgan fingerprint density at radius 1 is 1.25 bits per heavy atom. The molecule has 1 saturated carbocycles. The zero-order chi connectivity index (χ0) is 11.6. The first-order chi connectivity index (χ1) is 7.63. The van der Waals surface area contributed by atoms with Gasteiger partial charge in [0, 0.05) is 17.3 Å². The lowest BCUT2D eigenvalue weighted by Crippen LogP contribution is -2.37. The van der Waals surface area contributed by atoms with Gasteiger partial charge in [0.05, 0.1) is 5.54 Å². The van der Waals surface area contributed by atoms with E-state index in [-0.39, 0.29) is 5.54 Å². The van der Waals surface area contributed by atoms with Crippen molar-refractivity contribution in [3.63, 3.8) is 0 Å². The fourth-order valence-electron chi connectivity index (χ4n) is 2.36. The lowest BCUT2D eigenvalue weighted by atomic mass is 10.0. The number of alkyl halides is 1. The lowest BCUT2D eigenvalue weighted by molar-refractivity contribution is 0.534. The molecule has 0 bridgehead atoms. The largest absolute Gasteiger partial charge is 0.348 e. The van der Waals surface area contributed by atoms with Gasteiger partial charge in [0.2, 0.25) is 5.95 Å². The van der Waals surface area contributed by atoms with E-state index in [1.54, 1.807) is 0 Å². The third-order valence-corrected chi connectivity index (χ3v) is 3.69.